The van der Waals surface area contributed by atoms with E-state index in [2.05, 4.69) is 0 Å². The van der Waals surface area contributed by atoms with Gasteiger partial charge in [-0.25, -0.2) is 0 Å². The third-order valence-corrected chi connectivity index (χ3v) is 1.69. The number of hydrogen-bond acceptors (Lipinski definition) is 2. The van der Waals surface area contributed by atoms with Crippen LogP contribution in [0.15, 0.2) is 23.2 Å². The predicted molar refractivity (Wildman–Crippen MR) is 41.4 cm³/mol. The summed E-state index contributed by atoms with van der Waals surface area (Å²) in [5.41, 5.74) is 2.00. The van der Waals surface area contributed by atoms with Crippen molar-refractivity contribution in [2.45, 2.75) is 13.8 Å². The molecule has 0 radical (unpaired) electrons. The lowest BCUT2D eigenvalue weighted by atomic mass is 9.77. The monoisotopic (exact) mass is 138 g/mol. The van der Waals surface area contributed by atoms with Crippen molar-refractivity contribution in [3.63, 3.8) is 0 Å². The first-order valence-electron chi connectivity index (χ1n) is 3.41. The van der Waals surface area contributed by atoms with Gasteiger partial charge in [0.25, 0.3) is 0 Å². The van der Waals surface area contributed by atoms with Crippen molar-refractivity contribution in [2.75, 3.05) is 6.61 Å². The highest BCUT2D eigenvalue weighted by Crippen LogP contribution is 2.20. The van der Waals surface area contributed by atoms with Crippen LogP contribution in [0.3, 0.4) is 0 Å². The molecule has 1 rings (SSSR count). The standard InChI is InChI=1S/C7H11BO2/c1-3-6-5-10-8(9)7(6)4-2/h3-4,9H,5H2,1-2H3. The Balaban J connectivity index is 2.84. The smallest absolute Gasteiger partial charge is 0.423 e. The van der Waals surface area contributed by atoms with E-state index < -0.39 is 7.12 Å². The van der Waals surface area contributed by atoms with E-state index in [0.717, 1.165) is 11.0 Å². The molecule has 10 heavy (non-hydrogen) atoms. The molecule has 1 fully saturated rings. The van der Waals surface area contributed by atoms with Crippen molar-refractivity contribution in [2.24, 2.45) is 0 Å². The molecule has 2 nitrogen and oxygen atoms in total. The van der Waals surface area contributed by atoms with Crippen LogP contribution in [-0.4, -0.2) is 18.7 Å². The first-order chi connectivity index (χ1) is 4.79. The van der Waals surface area contributed by atoms with Crippen LogP contribution in [0, 0.1) is 0 Å². The highest BCUT2D eigenvalue weighted by Gasteiger charge is 2.28. The number of hydrogen-bond donors (Lipinski definition) is 1. The Bertz CT molecular complexity index is 184. The van der Waals surface area contributed by atoms with E-state index in [1.165, 1.54) is 0 Å². The van der Waals surface area contributed by atoms with Crippen LogP contribution in [-0.2, 0) is 4.65 Å². The molecule has 0 bridgehead atoms. The molecule has 1 saturated heterocycles. The van der Waals surface area contributed by atoms with Gasteiger partial charge in [0.2, 0.25) is 0 Å². The van der Waals surface area contributed by atoms with Crippen molar-refractivity contribution in [3.8, 4) is 0 Å². The second-order valence-electron chi connectivity index (χ2n) is 2.22. The maximum atomic E-state index is 9.16. The van der Waals surface area contributed by atoms with Gasteiger partial charge in [-0.15, -0.1) is 0 Å². The molecule has 1 aliphatic heterocycles. The summed E-state index contributed by atoms with van der Waals surface area (Å²) in [6.45, 7) is 4.38. The first-order valence-corrected chi connectivity index (χ1v) is 3.41. The van der Waals surface area contributed by atoms with Gasteiger partial charge >= 0.3 is 7.12 Å². The van der Waals surface area contributed by atoms with Gasteiger partial charge in [-0.1, -0.05) is 12.2 Å². The van der Waals surface area contributed by atoms with Gasteiger partial charge < -0.3 is 9.68 Å². The fourth-order valence-electron chi connectivity index (χ4n) is 1.08. The molecular formula is C7H11BO2. The molecular weight excluding hydrogens is 127 g/mol. The van der Waals surface area contributed by atoms with Crippen molar-refractivity contribution in [1.29, 1.82) is 0 Å². The molecule has 0 spiro atoms. The Kier molecular flexibility index (Phi) is 2.30. The van der Waals surface area contributed by atoms with Gasteiger partial charge in [0.05, 0.1) is 6.61 Å². The van der Waals surface area contributed by atoms with Crippen molar-refractivity contribution < 1.29 is 9.68 Å². The molecule has 0 amide bonds. The molecule has 0 aliphatic carbocycles. The van der Waals surface area contributed by atoms with Crippen LogP contribution in [0.2, 0.25) is 0 Å². The summed E-state index contributed by atoms with van der Waals surface area (Å²) in [6, 6.07) is 0. The normalized spacial score (nSPS) is 26.9. The molecule has 0 aromatic carbocycles. The Labute approximate surface area is 61.3 Å². The van der Waals surface area contributed by atoms with Gasteiger partial charge in [0.1, 0.15) is 0 Å². The zero-order valence-electron chi connectivity index (χ0n) is 6.29. The second kappa shape index (κ2) is 3.04. The minimum absolute atomic E-state index is 0.539. The van der Waals surface area contributed by atoms with Gasteiger partial charge in [-0.05, 0) is 24.9 Å². The summed E-state index contributed by atoms with van der Waals surface area (Å²) < 4.78 is 4.98. The minimum Gasteiger partial charge on any atom is -0.423 e. The fourth-order valence-corrected chi connectivity index (χ4v) is 1.08. The van der Waals surface area contributed by atoms with Crippen LogP contribution in [0.5, 0.6) is 0 Å². The molecule has 1 heterocycles. The molecule has 0 aromatic rings. The van der Waals surface area contributed by atoms with Gasteiger partial charge in [0, 0.05) is 0 Å². The number of allylic oxidation sites excluding steroid dienone is 2. The van der Waals surface area contributed by atoms with E-state index in [-0.39, 0.29) is 0 Å². The Hall–Kier alpha value is -0.535. The van der Waals surface area contributed by atoms with Crippen molar-refractivity contribution >= 4 is 7.12 Å². The number of rotatable bonds is 0. The van der Waals surface area contributed by atoms with E-state index in [0.29, 0.717) is 6.61 Å². The van der Waals surface area contributed by atoms with E-state index in [9.17, 15) is 0 Å². The topological polar surface area (TPSA) is 29.5 Å². The average Bonchev–Trinajstić information content (AvgIpc) is 2.30. The zero-order chi connectivity index (χ0) is 7.56. The maximum Gasteiger partial charge on any atom is 0.491 e. The molecule has 0 atom stereocenters. The third-order valence-electron chi connectivity index (χ3n) is 1.69. The lowest BCUT2D eigenvalue weighted by Gasteiger charge is -1.94. The third kappa shape index (κ3) is 1.15. The summed E-state index contributed by atoms with van der Waals surface area (Å²) in [6.07, 6.45) is 3.85. The van der Waals surface area contributed by atoms with Crippen LogP contribution < -0.4 is 0 Å². The summed E-state index contributed by atoms with van der Waals surface area (Å²) in [7, 11) is -0.698. The Morgan fingerprint density at radius 1 is 1.50 bits per heavy atom. The molecule has 0 unspecified atom stereocenters. The largest absolute Gasteiger partial charge is 0.491 e. The van der Waals surface area contributed by atoms with E-state index in [4.69, 9.17) is 9.68 Å². The molecule has 0 aromatic heterocycles. The van der Waals surface area contributed by atoms with E-state index in [1.54, 1.807) is 0 Å². The van der Waals surface area contributed by atoms with Crippen molar-refractivity contribution in [1.82, 2.24) is 0 Å². The summed E-state index contributed by atoms with van der Waals surface area (Å²) >= 11 is 0. The summed E-state index contributed by atoms with van der Waals surface area (Å²) in [4.78, 5) is 0. The molecule has 54 valence electrons. The van der Waals surface area contributed by atoms with Gasteiger partial charge in [-0.3, -0.25) is 0 Å². The zero-order valence-corrected chi connectivity index (χ0v) is 6.29. The summed E-state index contributed by atoms with van der Waals surface area (Å²) in [5.74, 6) is 0. The fraction of sp³-hybridized carbons (Fsp3) is 0.429. The van der Waals surface area contributed by atoms with Crippen LogP contribution >= 0.6 is 0 Å². The lowest BCUT2D eigenvalue weighted by molar-refractivity contribution is 0.316. The SMILES string of the molecule is CC=C1COB(O)C1=CC. The van der Waals surface area contributed by atoms with Gasteiger partial charge in [-0.2, -0.15) is 0 Å². The van der Waals surface area contributed by atoms with Crippen LogP contribution in [0.25, 0.3) is 0 Å². The van der Waals surface area contributed by atoms with Gasteiger partial charge in [0.15, 0.2) is 0 Å². The molecule has 1 N–H and O–H groups in total. The van der Waals surface area contributed by atoms with E-state index >= 15 is 0 Å². The minimum atomic E-state index is -0.698. The Morgan fingerprint density at radius 2 is 2.20 bits per heavy atom. The lowest BCUT2D eigenvalue weighted by Crippen LogP contribution is -2.11. The van der Waals surface area contributed by atoms with Crippen molar-refractivity contribution in [3.05, 3.63) is 23.2 Å². The predicted octanol–water partition coefficient (Wildman–Crippen LogP) is 0.929. The van der Waals surface area contributed by atoms with Crippen LogP contribution in [0.1, 0.15) is 13.8 Å². The Morgan fingerprint density at radius 3 is 2.60 bits per heavy atom. The average molecular weight is 138 g/mol. The quantitative estimate of drug-likeness (QED) is 0.504. The molecule has 1 aliphatic rings. The molecule has 3 heteroatoms. The first kappa shape index (κ1) is 7.57. The second-order valence-corrected chi connectivity index (χ2v) is 2.22. The summed E-state index contributed by atoms with van der Waals surface area (Å²) in [5, 5.41) is 9.16. The van der Waals surface area contributed by atoms with E-state index in [1.807, 2.05) is 26.0 Å². The highest BCUT2D eigenvalue weighted by atomic mass is 16.5. The molecule has 0 saturated carbocycles. The highest BCUT2D eigenvalue weighted by molar-refractivity contribution is 6.55. The maximum absolute atomic E-state index is 9.16. The van der Waals surface area contributed by atoms with Crippen LogP contribution in [0.4, 0.5) is 0 Å².